The summed E-state index contributed by atoms with van der Waals surface area (Å²) < 4.78 is 10.6. The first-order valence-electron chi connectivity index (χ1n) is 9.82. The van der Waals surface area contributed by atoms with Crippen LogP contribution in [0.5, 0.6) is 5.75 Å². The third kappa shape index (κ3) is 4.45. The molecular weight excluding hydrogens is 384 g/mol. The van der Waals surface area contributed by atoms with Crippen LogP contribution in [-0.4, -0.2) is 37.5 Å². The van der Waals surface area contributed by atoms with Gasteiger partial charge >= 0.3 is 5.97 Å². The smallest absolute Gasteiger partial charge is 0.312 e. The van der Waals surface area contributed by atoms with Crippen molar-refractivity contribution in [3.8, 4) is 5.75 Å². The number of ether oxygens (including phenoxy) is 2. The fourth-order valence-electron chi connectivity index (χ4n) is 3.43. The van der Waals surface area contributed by atoms with Gasteiger partial charge in [-0.15, -0.1) is 0 Å². The van der Waals surface area contributed by atoms with Gasteiger partial charge in [0.15, 0.2) is 6.10 Å². The predicted molar refractivity (Wildman–Crippen MR) is 114 cm³/mol. The summed E-state index contributed by atoms with van der Waals surface area (Å²) in [5.41, 5.74) is 3.37. The molecule has 1 fully saturated rings. The molecule has 7 nitrogen and oxygen atoms in total. The first-order valence-corrected chi connectivity index (χ1v) is 9.82. The maximum atomic E-state index is 12.6. The van der Waals surface area contributed by atoms with Gasteiger partial charge in [-0.3, -0.25) is 14.4 Å². The number of carbonyl (C=O) groups is 3. The van der Waals surface area contributed by atoms with Crippen LogP contribution < -0.4 is 15.0 Å². The maximum Gasteiger partial charge on any atom is 0.312 e. The van der Waals surface area contributed by atoms with Crippen molar-refractivity contribution in [2.75, 3.05) is 23.9 Å². The lowest BCUT2D eigenvalue weighted by Gasteiger charge is -2.20. The first kappa shape index (κ1) is 21.4. The Labute approximate surface area is 176 Å². The van der Waals surface area contributed by atoms with Crippen molar-refractivity contribution in [3.05, 3.63) is 53.6 Å². The molecule has 158 valence electrons. The molecule has 1 aliphatic heterocycles. The van der Waals surface area contributed by atoms with Crippen LogP contribution in [0.4, 0.5) is 11.4 Å². The zero-order valence-electron chi connectivity index (χ0n) is 17.6. The van der Waals surface area contributed by atoms with E-state index >= 15 is 0 Å². The largest absolute Gasteiger partial charge is 0.495 e. The minimum atomic E-state index is -1.01. The van der Waals surface area contributed by atoms with E-state index in [1.807, 2.05) is 32.0 Å². The van der Waals surface area contributed by atoms with Crippen LogP contribution in [0, 0.1) is 19.8 Å². The van der Waals surface area contributed by atoms with Gasteiger partial charge in [-0.05, 0) is 50.1 Å². The summed E-state index contributed by atoms with van der Waals surface area (Å²) in [6.45, 7) is 5.67. The van der Waals surface area contributed by atoms with Crippen molar-refractivity contribution >= 4 is 29.2 Å². The molecule has 3 rings (SSSR count). The summed E-state index contributed by atoms with van der Waals surface area (Å²) in [4.78, 5) is 39.2. The minimum absolute atomic E-state index is 0.0626. The van der Waals surface area contributed by atoms with Gasteiger partial charge in [-0.2, -0.15) is 0 Å². The first-order chi connectivity index (χ1) is 14.3. The Balaban J connectivity index is 1.62. The summed E-state index contributed by atoms with van der Waals surface area (Å²) in [7, 11) is 1.51. The number of aryl methyl sites for hydroxylation is 1. The number of nitrogens with one attached hydrogen (secondary N) is 1. The lowest BCUT2D eigenvalue weighted by Crippen LogP contribution is -2.33. The standard InChI is InChI=1S/C23H26N2O5/c1-14-8-7-10-19(15(14)2)25-13-17(12-21(25)26)23(28)30-16(3)22(27)24-18-9-5-6-11-20(18)29-4/h5-11,16-17H,12-13H2,1-4H3,(H,24,27)/t16-,17-/m1/s1. The topological polar surface area (TPSA) is 84.9 Å². The van der Waals surface area contributed by atoms with E-state index in [4.69, 9.17) is 9.47 Å². The molecule has 2 aromatic carbocycles. The van der Waals surface area contributed by atoms with E-state index in [0.717, 1.165) is 16.8 Å². The molecule has 0 spiro atoms. The monoisotopic (exact) mass is 410 g/mol. The lowest BCUT2D eigenvalue weighted by molar-refractivity contribution is -0.157. The van der Waals surface area contributed by atoms with Crippen LogP contribution in [0.3, 0.4) is 0 Å². The highest BCUT2D eigenvalue weighted by Crippen LogP contribution is 2.30. The van der Waals surface area contributed by atoms with E-state index in [2.05, 4.69) is 5.32 Å². The van der Waals surface area contributed by atoms with E-state index < -0.39 is 23.9 Å². The summed E-state index contributed by atoms with van der Waals surface area (Å²) in [5.74, 6) is -1.26. The molecule has 0 unspecified atom stereocenters. The number of hydrogen-bond acceptors (Lipinski definition) is 5. The number of carbonyl (C=O) groups excluding carboxylic acids is 3. The highest BCUT2D eigenvalue weighted by Gasteiger charge is 2.38. The van der Waals surface area contributed by atoms with E-state index in [-0.39, 0.29) is 18.9 Å². The highest BCUT2D eigenvalue weighted by molar-refractivity contribution is 6.01. The Morgan fingerprint density at radius 3 is 2.60 bits per heavy atom. The number of nitrogens with zero attached hydrogens (tertiary/aromatic N) is 1. The molecule has 0 bridgehead atoms. The SMILES string of the molecule is COc1ccccc1NC(=O)[C@@H](C)OC(=O)[C@@H]1CC(=O)N(c2cccc(C)c2C)C1. The molecule has 1 saturated heterocycles. The average molecular weight is 410 g/mol. The van der Waals surface area contributed by atoms with E-state index in [1.54, 1.807) is 29.2 Å². The molecule has 0 radical (unpaired) electrons. The van der Waals surface area contributed by atoms with Crippen molar-refractivity contribution in [2.24, 2.45) is 5.92 Å². The second kappa shape index (κ2) is 8.98. The fraction of sp³-hybridized carbons (Fsp3) is 0.348. The van der Waals surface area contributed by atoms with Crippen molar-refractivity contribution in [1.29, 1.82) is 0 Å². The molecule has 2 atom stereocenters. The Kier molecular flexibility index (Phi) is 6.40. The molecule has 0 aromatic heterocycles. The van der Waals surface area contributed by atoms with Crippen molar-refractivity contribution in [1.82, 2.24) is 0 Å². The van der Waals surface area contributed by atoms with Crippen LogP contribution in [-0.2, 0) is 19.1 Å². The third-order valence-corrected chi connectivity index (χ3v) is 5.35. The lowest BCUT2D eigenvalue weighted by atomic mass is 10.1. The second-order valence-corrected chi connectivity index (χ2v) is 7.39. The second-order valence-electron chi connectivity index (χ2n) is 7.39. The Morgan fingerprint density at radius 2 is 1.87 bits per heavy atom. The molecule has 0 saturated carbocycles. The zero-order chi connectivity index (χ0) is 21.8. The molecule has 2 aromatic rings. The van der Waals surface area contributed by atoms with Gasteiger partial charge in [0, 0.05) is 18.7 Å². The van der Waals surface area contributed by atoms with Crippen molar-refractivity contribution < 1.29 is 23.9 Å². The predicted octanol–water partition coefficient (Wildman–Crippen LogP) is 3.24. The number of para-hydroxylation sites is 2. The van der Waals surface area contributed by atoms with Crippen LogP contribution in [0.1, 0.15) is 24.5 Å². The molecule has 2 amide bonds. The Hall–Kier alpha value is -3.35. The number of rotatable bonds is 6. The van der Waals surface area contributed by atoms with E-state index in [0.29, 0.717) is 11.4 Å². The number of hydrogen-bond donors (Lipinski definition) is 1. The van der Waals surface area contributed by atoms with Gasteiger partial charge in [0.1, 0.15) is 5.75 Å². The number of benzene rings is 2. The summed E-state index contributed by atoms with van der Waals surface area (Å²) in [6.07, 6.45) is -0.945. The normalized spacial score (nSPS) is 16.9. The average Bonchev–Trinajstić information content (AvgIpc) is 3.12. The maximum absolute atomic E-state index is 12.6. The molecule has 30 heavy (non-hydrogen) atoms. The number of anilines is 2. The number of amides is 2. The number of methoxy groups -OCH3 is 1. The third-order valence-electron chi connectivity index (χ3n) is 5.35. The summed E-state index contributed by atoms with van der Waals surface area (Å²) in [6, 6.07) is 12.7. The van der Waals surface area contributed by atoms with Crippen LogP contribution in [0.15, 0.2) is 42.5 Å². The van der Waals surface area contributed by atoms with Gasteiger partial charge in [-0.25, -0.2) is 0 Å². The van der Waals surface area contributed by atoms with Gasteiger partial charge in [0.05, 0.1) is 18.7 Å². The van der Waals surface area contributed by atoms with E-state index in [9.17, 15) is 14.4 Å². The van der Waals surface area contributed by atoms with Gasteiger partial charge in [0.2, 0.25) is 5.91 Å². The zero-order valence-corrected chi connectivity index (χ0v) is 17.6. The van der Waals surface area contributed by atoms with Crippen molar-refractivity contribution in [3.63, 3.8) is 0 Å². The minimum Gasteiger partial charge on any atom is -0.495 e. The number of esters is 1. The summed E-state index contributed by atoms with van der Waals surface area (Å²) >= 11 is 0. The van der Waals surface area contributed by atoms with E-state index in [1.165, 1.54) is 14.0 Å². The van der Waals surface area contributed by atoms with Crippen LogP contribution in [0.2, 0.25) is 0 Å². The van der Waals surface area contributed by atoms with Gasteiger partial charge in [0.25, 0.3) is 5.91 Å². The highest BCUT2D eigenvalue weighted by atomic mass is 16.5. The van der Waals surface area contributed by atoms with Gasteiger partial charge < -0.3 is 19.7 Å². The summed E-state index contributed by atoms with van der Waals surface area (Å²) in [5, 5.41) is 2.70. The Bertz CT molecular complexity index is 972. The molecule has 0 aliphatic carbocycles. The van der Waals surface area contributed by atoms with Gasteiger partial charge in [-0.1, -0.05) is 24.3 Å². The van der Waals surface area contributed by atoms with Crippen molar-refractivity contribution in [2.45, 2.75) is 33.3 Å². The van der Waals surface area contributed by atoms with Crippen LogP contribution >= 0.6 is 0 Å². The molecule has 1 aliphatic rings. The quantitative estimate of drug-likeness (QED) is 0.739. The molecular formula is C23H26N2O5. The van der Waals surface area contributed by atoms with Crippen LogP contribution in [0.25, 0.3) is 0 Å². The molecule has 1 heterocycles. The fourth-order valence-corrected chi connectivity index (χ4v) is 3.43. The molecule has 1 N–H and O–H groups in total. The Morgan fingerprint density at radius 1 is 1.13 bits per heavy atom. The molecule has 7 heteroatoms.